The van der Waals surface area contributed by atoms with Crippen molar-refractivity contribution in [3.05, 3.63) is 34.9 Å². The maximum Gasteiger partial charge on any atom is 0.0759 e. The summed E-state index contributed by atoms with van der Waals surface area (Å²) in [5, 5.41) is 10.6. The van der Waals surface area contributed by atoms with Gasteiger partial charge in [0.1, 0.15) is 0 Å². The second kappa shape index (κ2) is 3.54. The largest absolute Gasteiger partial charge is 0.391 e. The van der Waals surface area contributed by atoms with E-state index in [1.54, 1.807) is 0 Å². The third-order valence-electron chi connectivity index (χ3n) is 3.06. The van der Waals surface area contributed by atoms with Gasteiger partial charge in [-0.05, 0) is 24.5 Å². The van der Waals surface area contributed by atoms with Crippen LogP contribution in [0.1, 0.15) is 18.4 Å². The molecule has 2 nitrogen and oxygen atoms in total. The lowest BCUT2D eigenvalue weighted by molar-refractivity contribution is 0.139. The van der Waals surface area contributed by atoms with E-state index in [2.05, 4.69) is 0 Å². The summed E-state index contributed by atoms with van der Waals surface area (Å²) in [6, 6.07) is 7.69. The van der Waals surface area contributed by atoms with Gasteiger partial charge in [0.2, 0.25) is 0 Å². The molecule has 76 valence electrons. The maximum atomic E-state index is 9.84. The van der Waals surface area contributed by atoms with Crippen molar-refractivity contribution in [1.29, 1.82) is 0 Å². The van der Waals surface area contributed by atoms with Gasteiger partial charge in [-0.2, -0.15) is 0 Å². The minimum Gasteiger partial charge on any atom is -0.391 e. The molecule has 1 aliphatic carbocycles. The molecular weight excluding hydrogens is 198 g/mol. The van der Waals surface area contributed by atoms with E-state index in [4.69, 9.17) is 17.3 Å². The average molecular weight is 212 g/mol. The molecule has 3 N–H and O–H groups in total. The van der Waals surface area contributed by atoms with Crippen LogP contribution in [0.25, 0.3) is 0 Å². The van der Waals surface area contributed by atoms with Gasteiger partial charge >= 0.3 is 0 Å². The van der Waals surface area contributed by atoms with Crippen LogP contribution in [-0.2, 0) is 5.41 Å². The van der Waals surface area contributed by atoms with Crippen molar-refractivity contribution >= 4 is 11.6 Å². The first-order chi connectivity index (χ1) is 6.70. The van der Waals surface area contributed by atoms with Crippen molar-refractivity contribution in [2.45, 2.75) is 24.4 Å². The lowest BCUT2D eigenvalue weighted by Crippen LogP contribution is -2.33. The van der Waals surface area contributed by atoms with Gasteiger partial charge in [0.25, 0.3) is 0 Å². The van der Waals surface area contributed by atoms with Gasteiger partial charge in [-0.3, -0.25) is 0 Å². The SMILES string of the molecule is NCC(O)C1(c2ccccc2Cl)CC1. The van der Waals surface area contributed by atoms with E-state index in [0.29, 0.717) is 6.54 Å². The van der Waals surface area contributed by atoms with E-state index in [-0.39, 0.29) is 5.41 Å². The Morgan fingerprint density at radius 2 is 2.07 bits per heavy atom. The average Bonchev–Trinajstić information content (AvgIpc) is 2.98. The Morgan fingerprint density at radius 3 is 2.57 bits per heavy atom. The fourth-order valence-electron chi connectivity index (χ4n) is 2.01. The molecule has 0 aliphatic heterocycles. The van der Waals surface area contributed by atoms with E-state index >= 15 is 0 Å². The molecule has 1 aliphatic rings. The molecule has 0 spiro atoms. The molecule has 0 saturated heterocycles. The molecule has 1 atom stereocenters. The van der Waals surface area contributed by atoms with Crippen LogP contribution in [0.5, 0.6) is 0 Å². The molecule has 14 heavy (non-hydrogen) atoms. The molecule has 0 heterocycles. The van der Waals surface area contributed by atoms with Crippen LogP contribution in [0.15, 0.2) is 24.3 Å². The number of aliphatic hydroxyl groups is 1. The first-order valence-electron chi connectivity index (χ1n) is 4.84. The molecule has 0 bridgehead atoms. The second-order valence-corrected chi connectivity index (χ2v) is 4.29. The highest BCUT2D eigenvalue weighted by Gasteiger charge is 2.50. The zero-order valence-corrected chi connectivity index (χ0v) is 8.67. The molecule has 1 aromatic carbocycles. The molecule has 1 saturated carbocycles. The van der Waals surface area contributed by atoms with E-state index in [1.165, 1.54) is 0 Å². The van der Waals surface area contributed by atoms with Gasteiger partial charge in [0.05, 0.1) is 6.10 Å². The Hall–Kier alpha value is -0.570. The topological polar surface area (TPSA) is 46.2 Å². The first-order valence-corrected chi connectivity index (χ1v) is 5.21. The molecule has 1 fully saturated rings. The molecule has 0 amide bonds. The number of aliphatic hydroxyl groups excluding tert-OH is 1. The molecule has 1 unspecified atom stereocenters. The Bertz CT molecular complexity index is 336. The van der Waals surface area contributed by atoms with Crippen molar-refractivity contribution in [1.82, 2.24) is 0 Å². The van der Waals surface area contributed by atoms with Crippen LogP contribution in [0.2, 0.25) is 5.02 Å². The standard InChI is InChI=1S/C11H14ClNO/c12-9-4-2-1-3-8(9)11(5-6-11)10(14)7-13/h1-4,10,14H,5-7,13H2. The summed E-state index contributed by atoms with van der Waals surface area (Å²) in [5.74, 6) is 0. The smallest absolute Gasteiger partial charge is 0.0759 e. The Kier molecular flexibility index (Phi) is 2.52. The van der Waals surface area contributed by atoms with Gasteiger partial charge in [-0.1, -0.05) is 29.8 Å². The maximum absolute atomic E-state index is 9.84. The minimum absolute atomic E-state index is 0.160. The van der Waals surface area contributed by atoms with Crippen LogP contribution in [0, 0.1) is 0 Å². The quantitative estimate of drug-likeness (QED) is 0.800. The fraction of sp³-hybridized carbons (Fsp3) is 0.455. The first kappa shape index (κ1) is 9.97. The summed E-state index contributed by atoms with van der Waals surface area (Å²) in [5.41, 5.74) is 6.37. The number of benzene rings is 1. The normalized spacial score (nSPS) is 20.5. The van der Waals surface area contributed by atoms with Gasteiger partial charge in [-0.15, -0.1) is 0 Å². The van der Waals surface area contributed by atoms with Crippen molar-refractivity contribution in [2.24, 2.45) is 5.73 Å². The molecule has 3 heteroatoms. The Labute approximate surface area is 88.7 Å². The number of rotatable bonds is 3. The van der Waals surface area contributed by atoms with Crippen molar-refractivity contribution in [3.63, 3.8) is 0 Å². The minimum atomic E-state index is -0.470. The lowest BCUT2D eigenvalue weighted by atomic mass is 9.90. The molecule has 2 rings (SSSR count). The van der Waals surface area contributed by atoms with E-state index < -0.39 is 6.10 Å². The molecule has 0 radical (unpaired) electrons. The fourth-order valence-corrected chi connectivity index (χ4v) is 2.33. The predicted octanol–water partition coefficient (Wildman–Crippen LogP) is 1.69. The monoisotopic (exact) mass is 211 g/mol. The van der Waals surface area contributed by atoms with Gasteiger partial charge in [0.15, 0.2) is 0 Å². The summed E-state index contributed by atoms with van der Waals surface area (Å²) < 4.78 is 0. The van der Waals surface area contributed by atoms with Gasteiger partial charge < -0.3 is 10.8 Å². The molecule has 1 aromatic rings. The van der Waals surface area contributed by atoms with Crippen molar-refractivity contribution < 1.29 is 5.11 Å². The van der Waals surface area contributed by atoms with Gasteiger partial charge in [0, 0.05) is 17.0 Å². The Morgan fingerprint density at radius 1 is 1.43 bits per heavy atom. The third-order valence-corrected chi connectivity index (χ3v) is 3.39. The van der Waals surface area contributed by atoms with Crippen LogP contribution >= 0.6 is 11.6 Å². The lowest BCUT2D eigenvalue weighted by Gasteiger charge is -2.22. The van der Waals surface area contributed by atoms with Gasteiger partial charge in [-0.25, -0.2) is 0 Å². The summed E-state index contributed by atoms with van der Waals surface area (Å²) in [6.07, 6.45) is 1.49. The predicted molar refractivity (Wildman–Crippen MR) is 57.4 cm³/mol. The van der Waals surface area contributed by atoms with Crippen LogP contribution in [0.4, 0.5) is 0 Å². The zero-order valence-electron chi connectivity index (χ0n) is 7.91. The van der Waals surface area contributed by atoms with Crippen LogP contribution in [0.3, 0.4) is 0 Å². The highest BCUT2D eigenvalue weighted by Crippen LogP contribution is 2.52. The third kappa shape index (κ3) is 1.44. The number of hydrogen-bond donors (Lipinski definition) is 2. The Balaban J connectivity index is 2.35. The summed E-state index contributed by atoms with van der Waals surface area (Å²) in [7, 11) is 0. The molecule has 0 aromatic heterocycles. The van der Waals surface area contributed by atoms with Crippen molar-refractivity contribution in [2.75, 3.05) is 6.54 Å². The van der Waals surface area contributed by atoms with Crippen LogP contribution in [-0.4, -0.2) is 17.8 Å². The van der Waals surface area contributed by atoms with E-state index in [0.717, 1.165) is 23.4 Å². The summed E-state index contributed by atoms with van der Waals surface area (Å²) in [6.45, 7) is 0.297. The highest BCUT2D eigenvalue weighted by molar-refractivity contribution is 6.31. The molecular formula is C11H14ClNO. The number of halogens is 1. The van der Waals surface area contributed by atoms with E-state index in [9.17, 15) is 5.11 Å². The number of nitrogens with two attached hydrogens (primary N) is 1. The summed E-state index contributed by atoms with van der Waals surface area (Å²) >= 11 is 6.10. The van der Waals surface area contributed by atoms with Crippen LogP contribution < -0.4 is 5.73 Å². The van der Waals surface area contributed by atoms with E-state index in [1.807, 2.05) is 24.3 Å². The highest BCUT2D eigenvalue weighted by atomic mass is 35.5. The van der Waals surface area contributed by atoms with Crippen molar-refractivity contribution in [3.8, 4) is 0 Å². The second-order valence-electron chi connectivity index (χ2n) is 3.89. The zero-order chi connectivity index (χ0) is 10.2. The summed E-state index contributed by atoms with van der Waals surface area (Å²) in [4.78, 5) is 0. The number of hydrogen-bond acceptors (Lipinski definition) is 2.